The summed E-state index contributed by atoms with van der Waals surface area (Å²) in [7, 11) is -3.81. The van der Waals surface area contributed by atoms with Gasteiger partial charge in [-0.3, -0.25) is 9.59 Å². The maximum Gasteiger partial charge on any atom is 0.243 e. The zero-order valence-electron chi connectivity index (χ0n) is 15.0. The third kappa shape index (κ3) is 5.16. The van der Waals surface area contributed by atoms with Crippen molar-refractivity contribution in [2.24, 2.45) is 11.1 Å². The summed E-state index contributed by atoms with van der Waals surface area (Å²) >= 11 is 0. The van der Waals surface area contributed by atoms with Gasteiger partial charge in [0.15, 0.2) is 0 Å². The number of hydrogen-bond donors (Lipinski definition) is 3. The van der Waals surface area contributed by atoms with Crippen LogP contribution in [-0.2, 0) is 19.6 Å². The lowest BCUT2D eigenvalue weighted by Gasteiger charge is -2.27. The number of benzene rings is 1. The standard InChI is InChI=1S/C16H24N4O4S.ClH/c1-16(2,3)14(17)15(22)19-11-5-4-6-12(9-11)25(23,24)20-8-7-18-13(21)10-20;/h4-6,9,14H,7-8,10,17H2,1-3H3,(H,18,21)(H,19,22);1H/t14-;/m1./s1. The number of hydrogen-bond acceptors (Lipinski definition) is 5. The van der Waals surface area contributed by atoms with Gasteiger partial charge in [0.25, 0.3) is 0 Å². The second-order valence-electron chi connectivity index (χ2n) is 7.05. The van der Waals surface area contributed by atoms with Crippen LogP contribution in [0.2, 0.25) is 0 Å². The Bertz CT molecular complexity index is 777. The lowest BCUT2D eigenvalue weighted by atomic mass is 9.87. The van der Waals surface area contributed by atoms with Gasteiger partial charge in [0.1, 0.15) is 0 Å². The van der Waals surface area contributed by atoms with Gasteiger partial charge < -0.3 is 16.4 Å². The summed E-state index contributed by atoms with van der Waals surface area (Å²) in [5.74, 6) is -0.727. The van der Waals surface area contributed by atoms with Crippen LogP contribution in [0.25, 0.3) is 0 Å². The van der Waals surface area contributed by atoms with Crippen molar-refractivity contribution in [2.75, 3.05) is 25.0 Å². The molecule has 0 unspecified atom stereocenters. The fraction of sp³-hybridized carbons (Fsp3) is 0.500. The quantitative estimate of drug-likeness (QED) is 0.676. The molecular formula is C16H25ClN4O4S. The first kappa shape index (κ1) is 22.4. The Labute approximate surface area is 160 Å². The second-order valence-corrected chi connectivity index (χ2v) is 8.99. The Morgan fingerprint density at radius 3 is 2.58 bits per heavy atom. The molecule has 146 valence electrons. The Morgan fingerprint density at radius 2 is 2.00 bits per heavy atom. The molecule has 2 rings (SSSR count). The van der Waals surface area contributed by atoms with E-state index in [9.17, 15) is 18.0 Å². The SMILES string of the molecule is CC(C)(C)[C@H](N)C(=O)Nc1cccc(S(=O)(=O)N2CCNC(=O)C2)c1.Cl. The van der Waals surface area contributed by atoms with Crippen molar-refractivity contribution < 1.29 is 18.0 Å². The van der Waals surface area contributed by atoms with Crippen LogP contribution in [0.5, 0.6) is 0 Å². The van der Waals surface area contributed by atoms with E-state index in [0.29, 0.717) is 5.69 Å². The lowest BCUT2D eigenvalue weighted by molar-refractivity contribution is -0.122. The summed E-state index contributed by atoms with van der Waals surface area (Å²) in [5, 5.41) is 5.23. The molecule has 0 spiro atoms. The first-order valence-corrected chi connectivity index (χ1v) is 9.39. The summed E-state index contributed by atoms with van der Waals surface area (Å²) in [6.07, 6.45) is 0. The van der Waals surface area contributed by atoms with Crippen molar-refractivity contribution in [3.63, 3.8) is 0 Å². The van der Waals surface area contributed by atoms with Crippen LogP contribution < -0.4 is 16.4 Å². The molecule has 26 heavy (non-hydrogen) atoms. The molecular weight excluding hydrogens is 380 g/mol. The van der Waals surface area contributed by atoms with Crippen LogP contribution in [-0.4, -0.2) is 50.2 Å². The fourth-order valence-corrected chi connectivity index (χ4v) is 3.76. The Balaban J connectivity index is 0.00000338. The number of anilines is 1. The number of sulfonamides is 1. The van der Waals surface area contributed by atoms with Crippen molar-refractivity contribution in [1.82, 2.24) is 9.62 Å². The number of nitrogens with two attached hydrogens (primary N) is 1. The molecule has 10 heteroatoms. The monoisotopic (exact) mass is 404 g/mol. The van der Waals surface area contributed by atoms with Gasteiger partial charge in [-0.2, -0.15) is 4.31 Å². The molecule has 0 aromatic heterocycles. The minimum Gasteiger partial charge on any atom is -0.354 e. The summed E-state index contributed by atoms with van der Waals surface area (Å²) < 4.78 is 26.5. The number of nitrogens with zero attached hydrogens (tertiary/aromatic N) is 1. The topological polar surface area (TPSA) is 122 Å². The summed E-state index contributed by atoms with van der Waals surface area (Å²) in [6.45, 7) is 5.81. The summed E-state index contributed by atoms with van der Waals surface area (Å²) in [5.41, 5.74) is 5.83. The maximum absolute atomic E-state index is 12.7. The third-order valence-corrected chi connectivity index (χ3v) is 5.80. The molecule has 1 heterocycles. The molecule has 1 aromatic carbocycles. The zero-order valence-corrected chi connectivity index (χ0v) is 16.6. The molecule has 2 amide bonds. The van der Waals surface area contributed by atoms with E-state index >= 15 is 0 Å². The van der Waals surface area contributed by atoms with Crippen LogP contribution in [0, 0.1) is 5.41 Å². The molecule has 0 aliphatic carbocycles. The molecule has 0 saturated carbocycles. The smallest absolute Gasteiger partial charge is 0.243 e. The van der Waals surface area contributed by atoms with Gasteiger partial charge in [0.05, 0.1) is 17.5 Å². The number of nitrogens with one attached hydrogen (secondary N) is 2. The number of halogens is 1. The number of carbonyl (C=O) groups is 2. The number of rotatable bonds is 4. The van der Waals surface area contributed by atoms with Crippen molar-refractivity contribution in [2.45, 2.75) is 31.7 Å². The van der Waals surface area contributed by atoms with E-state index in [0.717, 1.165) is 4.31 Å². The molecule has 8 nitrogen and oxygen atoms in total. The number of piperazine rings is 1. The average Bonchev–Trinajstić information content (AvgIpc) is 2.53. The number of carbonyl (C=O) groups excluding carboxylic acids is 2. The maximum atomic E-state index is 12.7. The average molecular weight is 405 g/mol. The van der Waals surface area contributed by atoms with E-state index in [1.54, 1.807) is 6.07 Å². The minimum absolute atomic E-state index is 0. The Hall–Kier alpha value is -1.68. The Morgan fingerprint density at radius 1 is 1.35 bits per heavy atom. The zero-order chi connectivity index (χ0) is 18.8. The van der Waals surface area contributed by atoms with E-state index in [4.69, 9.17) is 5.73 Å². The van der Waals surface area contributed by atoms with Crippen LogP contribution >= 0.6 is 12.4 Å². The van der Waals surface area contributed by atoms with Crippen molar-refractivity contribution in [3.05, 3.63) is 24.3 Å². The van der Waals surface area contributed by atoms with Gasteiger partial charge >= 0.3 is 0 Å². The molecule has 1 aromatic rings. The number of amides is 2. The fourth-order valence-electron chi connectivity index (χ4n) is 2.32. The summed E-state index contributed by atoms with van der Waals surface area (Å²) in [4.78, 5) is 23.7. The van der Waals surface area contributed by atoms with E-state index in [1.807, 2.05) is 20.8 Å². The van der Waals surface area contributed by atoms with Crippen molar-refractivity contribution >= 4 is 39.9 Å². The second kappa shape index (κ2) is 8.34. The van der Waals surface area contributed by atoms with Gasteiger partial charge in [0, 0.05) is 18.8 Å². The molecule has 0 bridgehead atoms. The molecule has 1 fully saturated rings. The van der Waals surface area contributed by atoms with Gasteiger partial charge in [-0.25, -0.2) is 8.42 Å². The Kier molecular flexibility index (Phi) is 7.17. The largest absolute Gasteiger partial charge is 0.354 e. The molecule has 4 N–H and O–H groups in total. The highest BCUT2D eigenvalue weighted by Crippen LogP contribution is 2.22. The normalized spacial score (nSPS) is 17.0. The van der Waals surface area contributed by atoms with E-state index < -0.39 is 21.5 Å². The minimum atomic E-state index is -3.81. The first-order chi connectivity index (χ1) is 11.5. The van der Waals surface area contributed by atoms with Gasteiger partial charge in [0.2, 0.25) is 21.8 Å². The van der Waals surface area contributed by atoms with Crippen molar-refractivity contribution in [1.29, 1.82) is 0 Å². The molecule has 1 atom stereocenters. The predicted octanol–water partition coefficient (Wildman–Crippen LogP) is 0.541. The highest BCUT2D eigenvalue weighted by molar-refractivity contribution is 7.89. The summed E-state index contributed by atoms with van der Waals surface area (Å²) in [6, 6.07) is 5.19. The highest BCUT2D eigenvalue weighted by atomic mass is 35.5. The predicted molar refractivity (Wildman–Crippen MR) is 102 cm³/mol. The lowest BCUT2D eigenvalue weighted by Crippen LogP contribution is -2.49. The van der Waals surface area contributed by atoms with Crippen LogP contribution in [0.1, 0.15) is 20.8 Å². The van der Waals surface area contributed by atoms with Gasteiger partial charge in [-0.1, -0.05) is 26.8 Å². The van der Waals surface area contributed by atoms with Crippen LogP contribution in [0.15, 0.2) is 29.2 Å². The first-order valence-electron chi connectivity index (χ1n) is 7.95. The van der Waals surface area contributed by atoms with Gasteiger partial charge in [-0.15, -0.1) is 12.4 Å². The molecule has 1 aliphatic rings. The molecule has 1 aliphatic heterocycles. The molecule has 0 radical (unpaired) electrons. The van der Waals surface area contributed by atoms with E-state index in [2.05, 4.69) is 10.6 Å². The van der Waals surface area contributed by atoms with Crippen LogP contribution in [0.3, 0.4) is 0 Å². The van der Waals surface area contributed by atoms with Crippen molar-refractivity contribution in [3.8, 4) is 0 Å². The molecule has 1 saturated heterocycles. The highest BCUT2D eigenvalue weighted by Gasteiger charge is 2.30. The van der Waals surface area contributed by atoms with E-state index in [-0.39, 0.29) is 48.8 Å². The third-order valence-electron chi connectivity index (χ3n) is 3.96. The van der Waals surface area contributed by atoms with Crippen LogP contribution in [0.4, 0.5) is 5.69 Å². The van der Waals surface area contributed by atoms with E-state index in [1.165, 1.54) is 18.2 Å². The van der Waals surface area contributed by atoms with Gasteiger partial charge in [-0.05, 0) is 23.6 Å².